The smallest absolute Gasteiger partial charge is 0.309 e. The average molecular weight is 717 g/mol. The number of rotatable bonds is 23. The molecule has 0 aliphatic carbocycles. The van der Waals surface area contributed by atoms with Crippen LogP contribution in [0.5, 0.6) is 5.75 Å². The summed E-state index contributed by atoms with van der Waals surface area (Å²) in [6, 6.07) is 35.9. The molecule has 2 amide bonds. The Kier molecular flexibility index (Phi) is 17.1. The fraction of sp³-hybridized carbons (Fsp3) is 0.311. The Labute approximate surface area is 313 Å². The molecule has 4 atom stereocenters. The van der Waals surface area contributed by atoms with Crippen molar-refractivity contribution in [2.24, 2.45) is 11.8 Å². The number of allylic oxidation sites excluding steroid dienone is 2. The molecule has 3 N–H and O–H groups in total. The highest BCUT2D eigenvalue weighted by Crippen LogP contribution is 2.19. The van der Waals surface area contributed by atoms with Crippen LogP contribution in [0.1, 0.15) is 47.9 Å². The van der Waals surface area contributed by atoms with Crippen molar-refractivity contribution in [3.63, 3.8) is 0 Å². The second kappa shape index (κ2) is 22.5. The molecule has 0 aromatic heterocycles. The van der Waals surface area contributed by atoms with E-state index >= 15 is 0 Å². The van der Waals surface area contributed by atoms with Crippen LogP contribution in [0.3, 0.4) is 0 Å². The zero-order valence-corrected chi connectivity index (χ0v) is 30.4. The maximum atomic E-state index is 13.7. The third-order valence-electron chi connectivity index (χ3n) is 8.97. The Bertz CT molecular complexity index is 1700. The molecule has 0 fully saturated rings. The molecule has 0 aliphatic heterocycles. The van der Waals surface area contributed by atoms with Gasteiger partial charge in [0.05, 0.1) is 30.5 Å². The third-order valence-corrected chi connectivity index (χ3v) is 8.97. The minimum absolute atomic E-state index is 0.0193. The summed E-state index contributed by atoms with van der Waals surface area (Å²) in [6.07, 6.45) is 6.25. The molecule has 53 heavy (non-hydrogen) atoms. The summed E-state index contributed by atoms with van der Waals surface area (Å²) in [6.45, 7) is 7.79. The van der Waals surface area contributed by atoms with Crippen molar-refractivity contribution >= 4 is 17.8 Å². The second-order valence-electron chi connectivity index (χ2n) is 13.3. The normalized spacial score (nSPS) is 13.1. The number of aliphatic hydroxyl groups is 1. The minimum atomic E-state index is -0.708. The van der Waals surface area contributed by atoms with Gasteiger partial charge >= 0.3 is 5.97 Å². The Balaban J connectivity index is 1.34. The predicted molar refractivity (Wildman–Crippen MR) is 209 cm³/mol. The van der Waals surface area contributed by atoms with Crippen molar-refractivity contribution < 1.29 is 29.0 Å². The molecule has 4 rings (SSSR count). The number of aliphatic hydroxyl groups excluding tert-OH is 1. The van der Waals surface area contributed by atoms with Gasteiger partial charge < -0.3 is 25.2 Å². The van der Waals surface area contributed by atoms with Crippen molar-refractivity contribution in [2.45, 2.75) is 63.6 Å². The van der Waals surface area contributed by atoms with Gasteiger partial charge in [0.2, 0.25) is 11.8 Å². The highest BCUT2D eigenvalue weighted by atomic mass is 16.5. The Hall–Kier alpha value is -5.47. The molecule has 8 nitrogen and oxygen atoms in total. The lowest BCUT2D eigenvalue weighted by Gasteiger charge is -2.24. The molecule has 0 aliphatic rings. The number of ether oxygens (including phenoxy) is 2. The number of esters is 1. The summed E-state index contributed by atoms with van der Waals surface area (Å²) in [5.74, 6) is -1.36. The first-order chi connectivity index (χ1) is 25.9. The van der Waals surface area contributed by atoms with Gasteiger partial charge in [-0.15, -0.1) is 13.2 Å². The summed E-state index contributed by atoms with van der Waals surface area (Å²) in [4.78, 5) is 40.3. The van der Waals surface area contributed by atoms with E-state index in [1.807, 2.05) is 115 Å². The highest BCUT2D eigenvalue weighted by Gasteiger charge is 2.27. The molecular formula is C45H52N2O6. The van der Waals surface area contributed by atoms with Crippen LogP contribution >= 0.6 is 0 Å². The zero-order chi connectivity index (χ0) is 37.7. The van der Waals surface area contributed by atoms with Crippen LogP contribution in [-0.4, -0.2) is 48.2 Å². The van der Waals surface area contributed by atoms with Crippen molar-refractivity contribution in [1.29, 1.82) is 0 Å². The van der Waals surface area contributed by atoms with E-state index in [4.69, 9.17) is 9.47 Å². The lowest BCUT2D eigenvalue weighted by atomic mass is 9.95. The third kappa shape index (κ3) is 14.6. The number of benzene rings is 4. The van der Waals surface area contributed by atoms with E-state index in [1.165, 1.54) is 0 Å². The summed E-state index contributed by atoms with van der Waals surface area (Å²) >= 11 is 0. The van der Waals surface area contributed by atoms with Gasteiger partial charge in [0.1, 0.15) is 19.0 Å². The van der Waals surface area contributed by atoms with E-state index in [0.29, 0.717) is 38.7 Å². The SMILES string of the molecule is C=CCC[C@H](Cc1ccccc1)C(=O)OC[C@H](Cc1ccccc1)NC(=O)[C@H](CC=C)CC(=O)N[C@H](CO)Cc1ccc(OCc2ccccc2)cc1. The van der Waals surface area contributed by atoms with Gasteiger partial charge in [0.15, 0.2) is 0 Å². The first-order valence-electron chi connectivity index (χ1n) is 18.3. The first kappa shape index (κ1) is 40.3. The molecule has 0 saturated carbocycles. The Morgan fingerprint density at radius 1 is 0.660 bits per heavy atom. The van der Waals surface area contributed by atoms with Crippen LogP contribution in [0.4, 0.5) is 0 Å². The van der Waals surface area contributed by atoms with E-state index in [-0.39, 0.29) is 49.8 Å². The van der Waals surface area contributed by atoms with Crippen molar-refractivity contribution in [3.8, 4) is 5.75 Å². The molecular weight excluding hydrogens is 665 g/mol. The van der Waals surface area contributed by atoms with Crippen LogP contribution in [0.25, 0.3) is 0 Å². The average Bonchev–Trinajstić information content (AvgIpc) is 3.18. The van der Waals surface area contributed by atoms with Gasteiger partial charge in [-0.2, -0.15) is 0 Å². The number of hydrogen-bond donors (Lipinski definition) is 3. The van der Waals surface area contributed by atoms with Crippen LogP contribution in [0, 0.1) is 11.8 Å². The fourth-order valence-electron chi connectivity index (χ4n) is 6.09. The van der Waals surface area contributed by atoms with Gasteiger partial charge in [-0.25, -0.2) is 0 Å². The Morgan fingerprint density at radius 3 is 1.81 bits per heavy atom. The summed E-state index contributed by atoms with van der Waals surface area (Å²) in [5, 5.41) is 16.0. The van der Waals surface area contributed by atoms with Gasteiger partial charge in [-0.1, -0.05) is 115 Å². The number of carbonyl (C=O) groups is 3. The van der Waals surface area contributed by atoms with Gasteiger partial charge in [0.25, 0.3) is 0 Å². The van der Waals surface area contributed by atoms with E-state index in [1.54, 1.807) is 12.2 Å². The van der Waals surface area contributed by atoms with Crippen molar-refractivity contribution in [2.75, 3.05) is 13.2 Å². The molecule has 0 spiro atoms. The monoisotopic (exact) mass is 716 g/mol. The maximum Gasteiger partial charge on any atom is 0.309 e. The van der Waals surface area contributed by atoms with E-state index in [2.05, 4.69) is 23.8 Å². The van der Waals surface area contributed by atoms with Crippen molar-refractivity contribution in [3.05, 3.63) is 163 Å². The summed E-state index contributed by atoms with van der Waals surface area (Å²) in [7, 11) is 0. The number of nitrogens with one attached hydrogen (secondary N) is 2. The van der Waals surface area contributed by atoms with Gasteiger partial charge in [0, 0.05) is 6.42 Å². The number of amides is 2. The Morgan fingerprint density at radius 2 is 1.23 bits per heavy atom. The molecule has 0 saturated heterocycles. The molecule has 0 radical (unpaired) electrons. The molecule has 0 bridgehead atoms. The minimum Gasteiger partial charge on any atom is -0.489 e. The van der Waals surface area contributed by atoms with Crippen molar-refractivity contribution in [1.82, 2.24) is 10.6 Å². The van der Waals surface area contributed by atoms with E-state index < -0.39 is 18.0 Å². The quantitative estimate of drug-likeness (QED) is 0.0565. The molecule has 4 aromatic rings. The van der Waals surface area contributed by atoms with Crippen LogP contribution in [0.15, 0.2) is 141 Å². The second-order valence-corrected chi connectivity index (χ2v) is 13.3. The largest absolute Gasteiger partial charge is 0.489 e. The van der Waals surface area contributed by atoms with Crippen LogP contribution in [0.2, 0.25) is 0 Å². The molecule has 278 valence electrons. The van der Waals surface area contributed by atoms with E-state index in [9.17, 15) is 19.5 Å². The predicted octanol–water partition coefficient (Wildman–Crippen LogP) is 6.96. The van der Waals surface area contributed by atoms with E-state index in [0.717, 1.165) is 28.0 Å². The number of hydrogen-bond acceptors (Lipinski definition) is 6. The number of carbonyl (C=O) groups excluding carboxylic acids is 3. The summed E-state index contributed by atoms with van der Waals surface area (Å²) in [5.41, 5.74) is 4.01. The maximum absolute atomic E-state index is 13.7. The fourth-order valence-corrected chi connectivity index (χ4v) is 6.09. The molecule has 4 aromatic carbocycles. The lowest BCUT2D eigenvalue weighted by molar-refractivity contribution is -0.150. The van der Waals surface area contributed by atoms with Crippen LogP contribution in [-0.2, 0) is 45.0 Å². The lowest BCUT2D eigenvalue weighted by Crippen LogP contribution is -2.45. The molecule has 8 heteroatoms. The van der Waals surface area contributed by atoms with Gasteiger partial charge in [-0.3, -0.25) is 14.4 Å². The zero-order valence-electron chi connectivity index (χ0n) is 30.4. The van der Waals surface area contributed by atoms with Crippen LogP contribution < -0.4 is 15.4 Å². The molecule has 0 unspecified atom stereocenters. The summed E-state index contributed by atoms with van der Waals surface area (Å²) < 4.78 is 11.7. The highest BCUT2D eigenvalue weighted by molar-refractivity contribution is 5.86. The standard InChI is InChI=1S/C45H52N2O6/c1-3-5-22-39(27-34-16-9-6-10-17-34)45(51)53-33-41(29-35-18-11-7-12-19-35)47-44(50)38(15-4-2)30-43(49)46-40(31-48)28-36-23-25-42(26-24-36)52-32-37-20-13-8-14-21-37/h3-4,6-14,16-21,23-26,38-41,48H,1-2,5,15,22,27-33H2,(H,46,49)(H,47,50)/t38-,39-,40+,41+/m1/s1. The topological polar surface area (TPSA) is 114 Å². The molecule has 0 heterocycles. The first-order valence-corrected chi connectivity index (χ1v) is 18.3. The van der Waals surface area contributed by atoms with Gasteiger partial charge in [-0.05, 0) is 72.9 Å².